The standard InChI is InChI=1S/C23H26N4O4/c1-3-18(20-11-15(2)26-31-20)23(29)27-10-4-5-19(27)22(28)25-12-16-6-8-17(9-7-16)21-13-24-14-30-21/h6-9,11,13-14,18-19H,3-5,10,12H2,1-2H3,(H,25,28)/t18?,19-/m0/s1. The highest BCUT2D eigenvalue weighted by molar-refractivity contribution is 5.90. The smallest absolute Gasteiger partial charge is 0.243 e. The van der Waals surface area contributed by atoms with Crippen LogP contribution in [0.3, 0.4) is 0 Å². The molecule has 0 saturated carbocycles. The fourth-order valence-corrected chi connectivity index (χ4v) is 4.00. The predicted octanol–water partition coefficient (Wildman–Crippen LogP) is 3.44. The summed E-state index contributed by atoms with van der Waals surface area (Å²) in [5.74, 6) is 0.630. The fraction of sp³-hybridized carbons (Fsp3) is 0.391. The molecule has 1 fully saturated rings. The summed E-state index contributed by atoms with van der Waals surface area (Å²) >= 11 is 0. The second-order valence-corrected chi connectivity index (χ2v) is 7.80. The Morgan fingerprint density at radius 2 is 2.10 bits per heavy atom. The Kier molecular flexibility index (Phi) is 6.16. The van der Waals surface area contributed by atoms with Crippen LogP contribution in [0, 0.1) is 6.92 Å². The monoisotopic (exact) mass is 422 g/mol. The maximum Gasteiger partial charge on any atom is 0.243 e. The summed E-state index contributed by atoms with van der Waals surface area (Å²) in [6.07, 6.45) is 5.11. The molecule has 1 aliphatic heterocycles. The van der Waals surface area contributed by atoms with E-state index in [1.807, 2.05) is 38.1 Å². The zero-order chi connectivity index (χ0) is 21.8. The van der Waals surface area contributed by atoms with Crippen molar-refractivity contribution in [3.8, 4) is 11.3 Å². The van der Waals surface area contributed by atoms with Gasteiger partial charge in [0, 0.05) is 24.7 Å². The molecule has 1 saturated heterocycles. The Bertz CT molecular complexity index is 1030. The summed E-state index contributed by atoms with van der Waals surface area (Å²) in [6.45, 7) is 4.74. The zero-order valence-corrected chi connectivity index (χ0v) is 17.7. The van der Waals surface area contributed by atoms with Crippen molar-refractivity contribution < 1.29 is 18.5 Å². The van der Waals surface area contributed by atoms with Gasteiger partial charge in [-0.1, -0.05) is 36.3 Å². The molecule has 4 rings (SSSR count). The molecule has 0 bridgehead atoms. The average molecular weight is 422 g/mol. The van der Waals surface area contributed by atoms with Crippen LogP contribution in [0.2, 0.25) is 0 Å². The number of oxazole rings is 1. The number of aryl methyl sites for hydroxylation is 1. The number of rotatable bonds is 7. The van der Waals surface area contributed by atoms with Crippen LogP contribution in [0.1, 0.15) is 49.1 Å². The number of carbonyl (C=O) groups is 2. The minimum atomic E-state index is -0.459. The SMILES string of the molecule is CCC(C(=O)N1CCC[C@H]1C(=O)NCc1ccc(-c2cnco2)cc1)c1cc(C)no1. The Morgan fingerprint density at radius 1 is 1.29 bits per heavy atom. The lowest BCUT2D eigenvalue weighted by Crippen LogP contribution is -2.47. The molecule has 1 unspecified atom stereocenters. The van der Waals surface area contributed by atoms with Crippen LogP contribution in [-0.2, 0) is 16.1 Å². The first-order valence-electron chi connectivity index (χ1n) is 10.6. The van der Waals surface area contributed by atoms with Crippen molar-refractivity contribution in [1.29, 1.82) is 0 Å². The maximum absolute atomic E-state index is 13.2. The summed E-state index contributed by atoms with van der Waals surface area (Å²) in [5, 5.41) is 6.88. The molecule has 2 atom stereocenters. The van der Waals surface area contributed by atoms with Gasteiger partial charge in [0.1, 0.15) is 11.8 Å². The molecule has 8 nitrogen and oxygen atoms in total. The van der Waals surface area contributed by atoms with Gasteiger partial charge in [0.2, 0.25) is 11.8 Å². The fourth-order valence-electron chi connectivity index (χ4n) is 4.00. The van der Waals surface area contributed by atoms with Crippen LogP contribution < -0.4 is 5.32 Å². The molecule has 0 radical (unpaired) electrons. The summed E-state index contributed by atoms with van der Waals surface area (Å²) in [4.78, 5) is 31.7. The normalized spacial score (nSPS) is 17.0. The van der Waals surface area contributed by atoms with E-state index >= 15 is 0 Å². The molecular weight excluding hydrogens is 396 g/mol. The lowest BCUT2D eigenvalue weighted by molar-refractivity contribution is -0.140. The summed E-state index contributed by atoms with van der Waals surface area (Å²) < 4.78 is 10.6. The van der Waals surface area contributed by atoms with Crippen molar-refractivity contribution in [2.45, 2.75) is 51.6 Å². The summed E-state index contributed by atoms with van der Waals surface area (Å²) in [7, 11) is 0. The van der Waals surface area contributed by atoms with Gasteiger partial charge in [-0.2, -0.15) is 0 Å². The number of nitrogens with zero attached hydrogens (tertiary/aromatic N) is 3. The highest BCUT2D eigenvalue weighted by Crippen LogP contribution is 2.28. The minimum absolute atomic E-state index is 0.0762. The average Bonchev–Trinajstić information content (AvgIpc) is 3.55. The molecule has 3 heterocycles. The van der Waals surface area contributed by atoms with E-state index in [1.165, 1.54) is 6.39 Å². The molecule has 1 aromatic carbocycles. The Balaban J connectivity index is 1.38. The summed E-state index contributed by atoms with van der Waals surface area (Å²) in [6, 6.07) is 9.07. The number of hydrogen-bond acceptors (Lipinski definition) is 6. The quantitative estimate of drug-likeness (QED) is 0.626. The third-order valence-electron chi connectivity index (χ3n) is 5.67. The van der Waals surface area contributed by atoms with Crippen molar-refractivity contribution in [3.05, 3.63) is 59.9 Å². The van der Waals surface area contributed by atoms with Gasteiger partial charge in [-0.05, 0) is 31.7 Å². The second kappa shape index (κ2) is 9.16. The molecule has 3 aromatic rings. The van der Waals surface area contributed by atoms with Gasteiger partial charge in [-0.15, -0.1) is 0 Å². The molecule has 0 spiro atoms. The maximum atomic E-state index is 13.2. The second-order valence-electron chi connectivity index (χ2n) is 7.80. The molecule has 1 aliphatic rings. The van der Waals surface area contributed by atoms with Crippen molar-refractivity contribution in [2.75, 3.05) is 6.54 Å². The van der Waals surface area contributed by atoms with Gasteiger partial charge in [-0.3, -0.25) is 9.59 Å². The van der Waals surface area contributed by atoms with Gasteiger partial charge in [0.15, 0.2) is 12.2 Å². The van der Waals surface area contributed by atoms with Crippen LogP contribution in [0.15, 0.2) is 51.9 Å². The van der Waals surface area contributed by atoms with E-state index in [0.717, 1.165) is 23.2 Å². The van der Waals surface area contributed by atoms with E-state index in [-0.39, 0.29) is 11.8 Å². The molecule has 1 N–H and O–H groups in total. The number of nitrogens with one attached hydrogen (secondary N) is 1. The van der Waals surface area contributed by atoms with Gasteiger partial charge < -0.3 is 19.2 Å². The number of hydrogen-bond donors (Lipinski definition) is 1. The first kappa shape index (κ1) is 20.8. The minimum Gasteiger partial charge on any atom is -0.444 e. The van der Waals surface area contributed by atoms with E-state index in [9.17, 15) is 9.59 Å². The number of benzene rings is 1. The van der Waals surface area contributed by atoms with E-state index in [0.29, 0.717) is 37.5 Å². The Labute approximate surface area is 180 Å². The number of amides is 2. The third kappa shape index (κ3) is 4.52. The van der Waals surface area contributed by atoms with Crippen molar-refractivity contribution in [1.82, 2.24) is 20.4 Å². The molecule has 8 heteroatoms. The molecule has 162 valence electrons. The van der Waals surface area contributed by atoms with Crippen LogP contribution in [0.25, 0.3) is 11.3 Å². The number of aromatic nitrogens is 2. The van der Waals surface area contributed by atoms with Crippen LogP contribution >= 0.6 is 0 Å². The molecular formula is C23H26N4O4. The molecule has 2 amide bonds. The van der Waals surface area contributed by atoms with E-state index in [4.69, 9.17) is 8.94 Å². The van der Waals surface area contributed by atoms with Crippen molar-refractivity contribution >= 4 is 11.8 Å². The largest absolute Gasteiger partial charge is 0.444 e. The highest BCUT2D eigenvalue weighted by atomic mass is 16.5. The Hall–Kier alpha value is -3.42. The molecule has 0 aliphatic carbocycles. The zero-order valence-electron chi connectivity index (χ0n) is 17.7. The highest BCUT2D eigenvalue weighted by Gasteiger charge is 2.38. The third-order valence-corrected chi connectivity index (χ3v) is 5.67. The Morgan fingerprint density at radius 3 is 2.74 bits per heavy atom. The van der Waals surface area contributed by atoms with E-state index in [1.54, 1.807) is 17.2 Å². The lowest BCUT2D eigenvalue weighted by Gasteiger charge is -2.27. The van der Waals surface area contributed by atoms with Crippen molar-refractivity contribution in [2.24, 2.45) is 0 Å². The first-order valence-corrected chi connectivity index (χ1v) is 10.6. The van der Waals surface area contributed by atoms with Gasteiger partial charge in [0.05, 0.1) is 17.8 Å². The number of likely N-dealkylation sites (tertiary alicyclic amines) is 1. The van der Waals surface area contributed by atoms with Crippen LogP contribution in [0.5, 0.6) is 0 Å². The van der Waals surface area contributed by atoms with Crippen molar-refractivity contribution in [3.63, 3.8) is 0 Å². The van der Waals surface area contributed by atoms with E-state index < -0.39 is 12.0 Å². The van der Waals surface area contributed by atoms with Gasteiger partial charge >= 0.3 is 0 Å². The first-order chi connectivity index (χ1) is 15.1. The van der Waals surface area contributed by atoms with Gasteiger partial charge in [-0.25, -0.2) is 4.98 Å². The van der Waals surface area contributed by atoms with Crippen LogP contribution in [0.4, 0.5) is 0 Å². The van der Waals surface area contributed by atoms with E-state index in [2.05, 4.69) is 15.5 Å². The number of carbonyl (C=O) groups excluding carboxylic acids is 2. The van der Waals surface area contributed by atoms with Crippen LogP contribution in [-0.4, -0.2) is 39.4 Å². The molecule has 31 heavy (non-hydrogen) atoms. The summed E-state index contributed by atoms with van der Waals surface area (Å²) in [5.41, 5.74) is 2.63. The molecule has 2 aromatic heterocycles. The predicted molar refractivity (Wildman–Crippen MR) is 113 cm³/mol. The van der Waals surface area contributed by atoms with Gasteiger partial charge in [0.25, 0.3) is 0 Å². The lowest BCUT2D eigenvalue weighted by atomic mass is 10.0. The topological polar surface area (TPSA) is 101 Å².